The van der Waals surface area contributed by atoms with E-state index in [9.17, 15) is 16.8 Å². The highest BCUT2D eigenvalue weighted by atomic mass is 35.5. The van der Waals surface area contributed by atoms with E-state index in [1.807, 2.05) is 13.0 Å². The summed E-state index contributed by atoms with van der Waals surface area (Å²) in [4.78, 5) is 0.353. The van der Waals surface area contributed by atoms with Gasteiger partial charge in [-0.3, -0.25) is 4.72 Å². The van der Waals surface area contributed by atoms with Gasteiger partial charge in [-0.1, -0.05) is 41.4 Å². The number of anilines is 1. The van der Waals surface area contributed by atoms with Crippen LogP contribution in [0.25, 0.3) is 0 Å². The number of nitrogens with one attached hydrogen (secondary N) is 1. The minimum atomic E-state index is -3.85. The van der Waals surface area contributed by atoms with Gasteiger partial charge in [0.2, 0.25) is 10.0 Å². The van der Waals surface area contributed by atoms with Crippen LogP contribution in [0.5, 0.6) is 0 Å². The monoisotopic (exact) mass is 490 g/mol. The highest BCUT2D eigenvalue weighted by Gasteiger charge is 2.28. The number of rotatable bonds is 5. The lowest BCUT2D eigenvalue weighted by Crippen LogP contribution is -2.36. The van der Waals surface area contributed by atoms with Gasteiger partial charge >= 0.3 is 0 Å². The average molecular weight is 491 g/mol. The van der Waals surface area contributed by atoms with Crippen LogP contribution in [0.1, 0.15) is 22.3 Å². The Balaban J connectivity index is 1.60. The van der Waals surface area contributed by atoms with Gasteiger partial charge in [-0.25, -0.2) is 16.8 Å². The van der Waals surface area contributed by atoms with Gasteiger partial charge in [0, 0.05) is 23.8 Å². The largest absolute Gasteiger partial charge is 0.280 e. The molecule has 3 aromatic rings. The fourth-order valence-electron chi connectivity index (χ4n) is 3.75. The molecule has 0 bridgehead atoms. The zero-order chi connectivity index (χ0) is 23.1. The van der Waals surface area contributed by atoms with Crippen molar-refractivity contribution < 1.29 is 16.8 Å². The van der Waals surface area contributed by atoms with Crippen molar-refractivity contribution in [2.24, 2.45) is 0 Å². The molecular formula is C23H23ClN2O4S2. The molecule has 168 valence electrons. The zero-order valence-corrected chi connectivity index (χ0v) is 20.1. The van der Waals surface area contributed by atoms with E-state index < -0.39 is 20.0 Å². The van der Waals surface area contributed by atoms with E-state index >= 15 is 0 Å². The Morgan fingerprint density at radius 1 is 0.906 bits per heavy atom. The summed E-state index contributed by atoms with van der Waals surface area (Å²) in [7, 11) is -7.49. The normalized spacial score (nSPS) is 14.7. The molecule has 6 nitrogen and oxygen atoms in total. The number of fused-ring (bicyclic) bond motifs is 1. The van der Waals surface area contributed by atoms with E-state index in [2.05, 4.69) is 4.72 Å². The first-order valence-corrected chi connectivity index (χ1v) is 13.3. The second-order valence-electron chi connectivity index (χ2n) is 7.85. The summed E-state index contributed by atoms with van der Waals surface area (Å²) in [6.07, 6.45) is 0.556. The van der Waals surface area contributed by atoms with Gasteiger partial charge in [0.05, 0.1) is 9.79 Å². The average Bonchev–Trinajstić information content (AvgIpc) is 2.75. The van der Waals surface area contributed by atoms with Crippen LogP contribution in [0, 0.1) is 13.8 Å². The number of halogens is 1. The van der Waals surface area contributed by atoms with Crippen molar-refractivity contribution in [1.29, 1.82) is 0 Å². The van der Waals surface area contributed by atoms with Gasteiger partial charge in [-0.05, 0) is 73.4 Å². The maximum atomic E-state index is 13.1. The Bertz CT molecular complexity index is 1390. The van der Waals surface area contributed by atoms with Crippen LogP contribution >= 0.6 is 11.6 Å². The third-order valence-electron chi connectivity index (χ3n) is 5.60. The molecule has 1 aliphatic rings. The van der Waals surface area contributed by atoms with Crippen LogP contribution in [-0.2, 0) is 33.0 Å². The van der Waals surface area contributed by atoms with Gasteiger partial charge in [-0.2, -0.15) is 4.31 Å². The molecule has 0 spiro atoms. The summed E-state index contributed by atoms with van der Waals surface area (Å²) < 4.78 is 56.0. The van der Waals surface area contributed by atoms with Crippen LogP contribution in [0.2, 0.25) is 5.02 Å². The minimum absolute atomic E-state index is 0.103. The summed E-state index contributed by atoms with van der Waals surface area (Å²) in [5, 5.41) is 0.371. The molecule has 0 saturated carbocycles. The highest BCUT2D eigenvalue weighted by molar-refractivity contribution is 7.92. The summed E-state index contributed by atoms with van der Waals surface area (Å²) >= 11 is 6.08. The number of nitrogens with zero attached hydrogens (tertiary/aromatic N) is 1. The van der Waals surface area contributed by atoms with Crippen LogP contribution in [0.15, 0.2) is 70.5 Å². The van der Waals surface area contributed by atoms with E-state index in [-0.39, 0.29) is 16.3 Å². The van der Waals surface area contributed by atoms with Crippen molar-refractivity contribution >= 4 is 37.3 Å². The SMILES string of the molecule is Cc1ccc(S(=O)(=O)N2CCc3ccc(NS(=O)(=O)c4cccc(Cl)c4C)cc3C2)cc1. The van der Waals surface area contributed by atoms with E-state index in [4.69, 9.17) is 11.6 Å². The molecule has 0 aromatic heterocycles. The fourth-order valence-corrected chi connectivity index (χ4v) is 6.72. The molecule has 1 heterocycles. The summed E-state index contributed by atoms with van der Waals surface area (Å²) in [6.45, 7) is 4.10. The molecule has 3 aromatic carbocycles. The number of hydrogen-bond donors (Lipinski definition) is 1. The van der Waals surface area contributed by atoms with Crippen LogP contribution in [0.3, 0.4) is 0 Å². The molecule has 0 atom stereocenters. The molecular weight excluding hydrogens is 468 g/mol. The molecule has 4 rings (SSSR count). The number of benzene rings is 3. The quantitative estimate of drug-likeness (QED) is 0.570. The van der Waals surface area contributed by atoms with Gasteiger partial charge in [0.1, 0.15) is 0 Å². The lowest BCUT2D eigenvalue weighted by atomic mass is 10.0. The number of hydrogen-bond acceptors (Lipinski definition) is 4. The molecule has 0 unspecified atom stereocenters. The topological polar surface area (TPSA) is 83.6 Å². The second kappa shape index (κ2) is 8.51. The van der Waals surface area contributed by atoms with Gasteiger partial charge in [0.25, 0.3) is 10.0 Å². The smallest absolute Gasteiger partial charge is 0.262 e. The molecule has 0 saturated heterocycles. The predicted octanol–water partition coefficient (Wildman–Crippen LogP) is 4.50. The number of sulfonamides is 2. The first kappa shape index (κ1) is 22.8. The van der Waals surface area contributed by atoms with Crippen LogP contribution < -0.4 is 4.72 Å². The Morgan fingerprint density at radius 3 is 2.34 bits per heavy atom. The molecule has 0 amide bonds. The Labute approximate surface area is 193 Å². The molecule has 1 N–H and O–H groups in total. The van der Waals surface area contributed by atoms with Crippen molar-refractivity contribution in [2.75, 3.05) is 11.3 Å². The van der Waals surface area contributed by atoms with Crippen molar-refractivity contribution in [3.05, 3.63) is 87.9 Å². The lowest BCUT2D eigenvalue weighted by Gasteiger charge is -2.28. The van der Waals surface area contributed by atoms with Crippen molar-refractivity contribution in [1.82, 2.24) is 4.31 Å². The number of aryl methyl sites for hydroxylation is 1. The van der Waals surface area contributed by atoms with E-state index in [1.54, 1.807) is 55.5 Å². The minimum Gasteiger partial charge on any atom is -0.280 e. The molecule has 0 aliphatic carbocycles. The molecule has 0 fully saturated rings. The van der Waals surface area contributed by atoms with Gasteiger partial charge in [0.15, 0.2) is 0 Å². The lowest BCUT2D eigenvalue weighted by molar-refractivity contribution is 0.391. The van der Waals surface area contributed by atoms with Crippen molar-refractivity contribution in [2.45, 2.75) is 36.6 Å². The summed E-state index contributed by atoms with van der Waals surface area (Å²) in [6, 6.07) is 16.7. The fraction of sp³-hybridized carbons (Fsp3) is 0.217. The highest BCUT2D eigenvalue weighted by Crippen LogP contribution is 2.29. The standard InChI is InChI=1S/C23H23ClN2O4S2/c1-16-6-10-21(11-7-16)32(29,30)26-13-12-18-8-9-20(14-19(18)15-26)25-31(27,28)23-5-3-4-22(24)17(23)2/h3-11,14,25H,12-13,15H2,1-2H3. The molecule has 32 heavy (non-hydrogen) atoms. The van der Waals surface area contributed by atoms with Gasteiger partial charge < -0.3 is 0 Å². The molecule has 9 heteroatoms. The second-order valence-corrected chi connectivity index (χ2v) is 11.8. The van der Waals surface area contributed by atoms with E-state index in [0.29, 0.717) is 29.2 Å². The third kappa shape index (κ3) is 4.41. The zero-order valence-electron chi connectivity index (χ0n) is 17.7. The molecule has 1 aliphatic heterocycles. The van der Waals surface area contributed by atoms with Crippen LogP contribution in [0.4, 0.5) is 5.69 Å². The molecule has 0 radical (unpaired) electrons. The van der Waals surface area contributed by atoms with Crippen molar-refractivity contribution in [3.8, 4) is 0 Å². The first-order valence-electron chi connectivity index (χ1n) is 10.0. The van der Waals surface area contributed by atoms with Gasteiger partial charge in [-0.15, -0.1) is 0 Å². The Kier molecular flexibility index (Phi) is 6.06. The first-order chi connectivity index (χ1) is 15.1. The van der Waals surface area contributed by atoms with Crippen molar-refractivity contribution in [3.63, 3.8) is 0 Å². The predicted molar refractivity (Wildman–Crippen MR) is 126 cm³/mol. The summed E-state index contributed by atoms with van der Waals surface area (Å²) in [5.74, 6) is 0. The maximum Gasteiger partial charge on any atom is 0.262 e. The van der Waals surface area contributed by atoms with Crippen LogP contribution in [-0.4, -0.2) is 27.7 Å². The maximum absolute atomic E-state index is 13.1. The van der Waals surface area contributed by atoms with E-state index in [1.165, 1.54) is 10.4 Å². The van der Waals surface area contributed by atoms with E-state index in [0.717, 1.165) is 16.7 Å². The third-order valence-corrected chi connectivity index (χ3v) is 9.40. The Hall–Kier alpha value is -2.39. The summed E-state index contributed by atoms with van der Waals surface area (Å²) in [5.41, 5.74) is 3.60. The Morgan fingerprint density at radius 2 is 1.62 bits per heavy atom.